The number of aromatic nitrogens is 2. The number of fused-ring (bicyclic) bond motifs is 1. The number of carboxylic acid groups (broad SMARTS) is 1. The van der Waals surface area contributed by atoms with Crippen LogP contribution in [0.15, 0.2) is 73.4 Å². The summed E-state index contributed by atoms with van der Waals surface area (Å²) in [7, 11) is 0. The maximum absolute atomic E-state index is 13.3. The average Bonchev–Trinajstić information content (AvgIpc) is 2.83. The van der Waals surface area contributed by atoms with Crippen LogP contribution >= 0.6 is 43.5 Å². The summed E-state index contributed by atoms with van der Waals surface area (Å²) in [6.07, 6.45) is 1.55. The highest BCUT2D eigenvalue weighted by atomic mass is 79.9. The summed E-state index contributed by atoms with van der Waals surface area (Å²) in [6.45, 7) is 6.12. The van der Waals surface area contributed by atoms with Gasteiger partial charge in [0.25, 0.3) is 5.56 Å². The number of nitrogens with zero attached hydrogens (tertiary/aromatic N) is 3. The third-order valence-electron chi connectivity index (χ3n) is 5.41. The number of carbonyl (C=O) groups is 1. The SMILES string of the molecule is CC(C)(C)c1nc2ccc(Br)cc2c(=O)n1N=Cc1cc(Cl)c(OCc2ccc(C(=O)O)cc2)c(Br)c1. The zero-order chi connectivity index (χ0) is 26.9. The van der Waals surface area contributed by atoms with Gasteiger partial charge in [0.2, 0.25) is 0 Å². The van der Waals surface area contributed by atoms with E-state index < -0.39 is 11.4 Å². The van der Waals surface area contributed by atoms with Gasteiger partial charge in [-0.15, -0.1) is 0 Å². The fraction of sp³-hybridized carbons (Fsp3) is 0.185. The summed E-state index contributed by atoms with van der Waals surface area (Å²) >= 11 is 13.4. The molecule has 0 unspecified atom stereocenters. The predicted molar refractivity (Wildman–Crippen MR) is 152 cm³/mol. The van der Waals surface area contributed by atoms with Crippen LogP contribution < -0.4 is 10.3 Å². The molecular weight excluding hydrogens is 626 g/mol. The highest BCUT2D eigenvalue weighted by Gasteiger charge is 2.23. The summed E-state index contributed by atoms with van der Waals surface area (Å²) in [4.78, 5) is 29.1. The van der Waals surface area contributed by atoms with E-state index in [1.54, 1.807) is 42.6 Å². The van der Waals surface area contributed by atoms with Crippen molar-refractivity contribution in [2.45, 2.75) is 32.8 Å². The summed E-state index contributed by atoms with van der Waals surface area (Å²) in [5, 5.41) is 14.3. The highest BCUT2D eigenvalue weighted by molar-refractivity contribution is 9.10. The zero-order valence-electron chi connectivity index (χ0n) is 20.1. The Hall–Kier alpha value is -3.01. The van der Waals surface area contributed by atoms with Crippen molar-refractivity contribution in [1.82, 2.24) is 9.66 Å². The number of hydrogen-bond donors (Lipinski definition) is 1. The normalized spacial score (nSPS) is 11.8. The van der Waals surface area contributed by atoms with Crippen molar-refractivity contribution in [3.63, 3.8) is 0 Å². The van der Waals surface area contributed by atoms with Crippen molar-refractivity contribution in [3.8, 4) is 5.75 Å². The smallest absolute Gasteiger partial charge is 0.335 e. The van der Waals surface area contributed by atoms with Crippen molar-refractivity contribution in [2.75, 3.05) is 0 Å². The molecule has 10 heteroatoms. The number of benzene rings is 3. The largest absolute Gasteiger partial charge is 0.486 e. The first-order valence-electron chi connectivity index (χ1n) is 11.2. The summed E-state index contributed by atoms with van der Waals surface area (Å²) in [6, 6.07) is 15.3. The lowest BCUT2D eigenvalue weighted by Gasteiger charge is -2.20. The van der Waals surface area contributed by atoms with Crippen molar-refractivity contribution in [3.05, 3.63) is 101 Å². The van der Waals surface area contributed by atoms with Gasteiger partial charge in [-0.25, -0.2) is 9.78 Å². The molecule has 0 aliphatic heterocycles. The van der Waals surface area contributed by atoms with E-state index in [9.17, 15) is 9.59 Å². The molecule has 1 aromatic heterocycles. The minimum Gasteiger partial charge on any atom is -0.486 e. The van der Waals surface area contributed by atoms with Crippen LogP contribution in [0, 0.1) is 0 Å². The topological polar surface area (TPSA) is 93.8 Å². The van der Waals surface area contributed by atoms with Crippen molar-refractivity contribution in [1.29, 1.82) is 0 Å². The Morgan fingerprint density at radius 2 is 1.84 bits per heavy atom. The lowest BCUT2D eigenvalue weighted by molar-refractivity contribution is 0.0697. The van der Waals surface area contributed by atoms with Gasteiger partial charge in [0, 0.05) is 9.89 Å². The Morgan fingerprint density at radius 3 is 2.46 bits per heavy atom. The first-order chi connectivity index (χ1) is 17.4. The van der Waals surface area contributed by atoms with Crippen molar-refractivity contribution < 1.29 is 14.6 Å². The van der Waals surface area contributed by atoms with E-state index in [-0.39, 0.29) is 17.7 Å². The van der Waals surface area contributed by atoms with E-state index in [0.29, 0.717) is 37.5 Å². The van der Waals surface area contributed by atoms with Crippen LogP contribution in [0.4, 0.5) is 0 Å². The molecule has 3 aromatic carbocycles. The van der Waals surface area contributed by atoms with E-state index in [4.69, 9.17) is 26.4 Å². The van der Waals surface area contributed by atoms with Crippen LogP contribution in [0.3, 0.4) is 0 Å². The molecule has 0 saturated carbocycles. The Morgan fingerprint density at radius 1 is 1.14 bits per heavy atom. The number of hydrogen-bond acceptors (Lipinski definition) is 5. The van der Waals surface area contributed by atoms with Gasteiger partial charge in [-0.1, -0.05) is 60.4 Å². The minimum absolute atomic E-state index is 0.203. The van der Waals surface area contributed by atoms with Gasteiger partial charge < -0.3 is 9.84 Å². The van der Waals surface area contributed by atoms with Gasteiger partial charge in [-0.3, -0.25) is 4.79 Å². The second kappa shape index (κ2) is 10.8. The van der Waals surface area contributed by atoms with E-state index in [0.717, 1.165) is 10.0 Å². The molecule has 0 bridgehead atoms. The molecule has 0 spiro atoms. The van der Waals surface area contributed by atoms with E-state index in [2.05, 4.69) is 37.0 Å². The first kappa shape index (κ1) is 27.0. The molecule has 0 atom stereocenters. The second-order valence-electron chi connectivity index (χ2n) is 9.31. The molecule has 0 aliphatic carbocycles. The maximum Gasteiger partial charge on any atom is 0.335 e. The highest BCUT2D eigenvalue weighted by Crippen LogP contribution is 2.35. The van der Waals surface area contributed by atoms with Gasteiger partial charge in [0.05, 0.1) is 32.2 Å². The number of rotatable bonds is 6. The Bertz CT molecular complexity index is 1570. The Kier molecular flexibility index (Phi) is 7.87. The Labute approximate surface area is 235 Å². The van der Waals surface area contributed by atoms with E-state index in [1.165, 1.54) is 16.8 Å². The fourth-order valence-electron chi connectivity index (χ4n) is 3.56. The zero-order valence-corrected chi connectivity index (χ0v) is 24.1. The quantitative estimate of drug-likeness (QED) is 0.227. The molecule has 0 aliphatic rings. The molecule has 0 saturated heterocycles. The second-order valence-corrected chi connectivity index (χ2v) is 11.5. The van der Waals surface area contributed by atoms with Gasteiger partial charge in [0.1, 0.15) is 12.4 Å². The standard InChI is InChI=1S/C27H22Br2ClN3O4/c1-27(2,3)26-32-22-9-8-18(28)12-19(22)24(34)33(26)31-13-16-10-20(29)23(21(30)11-16)37-14-15-4-6-17(7-5-15)25(35)36/h4-13H,14H2,1-3H3,(H,35,36). The molecule has 4 aromatic rings. The molecule has 4 rings (SSSR count). The summed E-state index contributed by atoms with van der Waals surface area (Å²) < 4.78 is 8.58. The maximum atomic E-state index is 13.3. The summed E-state index contributed by atoms with van der Waals surface area (Å²) in [5.74, 6) is -0.0202. The predicted octanol–water partition coefficient (Wildman–Crippen LogP) is 7.03. The van der Waals surface area contributed by atoms with Gasteiger partial charge >= 0.3 is 5.97 Å². The van der Waals surface area contributed by atoms with Crippen molar-refractivity contribution in [2.24, 2.45) is 5.10 Å². The molecule has 0 amide bonds. The van der Waals surface area contributed by atoms with Gasteiger partial charge in [-0.05, 0) is 69.5 Å². The fourth-order valence-corrected chi connectivity index (χ4v) is 4.91. The van der Waals surface area contributed by atoms with Crippen LogP contribution in [0.1, 0.15) is 48.1 Å². The number of ether oxygens (including phenoxy) is 1. The van der Waals surface area contributed by atoms with E-state index in [1.807, 2.05) is 26.8 Å². The molecule has 37 heavy (non-hydrogen) atoms. The molecule has 7 nitrogen and oxygen atoms in total. The lowest BCUT2D eigenvalue weighted by Crippen LogP contribution is -2.29. The number of halogens is 3. The monoisotopic (exact) mass is 645 g/mol. The van der Waals surface area contributed by atoms with Gasteiger partial charge in [-0.2, -0.15) is 9.78 Å². The van der Waals surface area contributed by atoms with Crippen molar-refractivity contribution >= 4 is 66.5 Å². The Balaban J connectivity index is 1.64. The molecule has 0 radical (unpaired) electrons. The molecule has 1 heterocycles. The average molecular weight is 648 g/mol. The van der Waals surface area contributed by atoms with Crippen LogP contribution in [0.2, 0.25) is 5.02 Å². The third kappa shape index (κ3) is 6.11. The lowest BCUT2D eigenvalue weighted by atomic mass is 9.95. The number of carboxylic acids is 1. The molecule has 1 N–H and O–H groups in total. The third-order valence-corrected chi connectivity index (χ3v) is 6.77. The molecule has 190 valence electrons. The molecule has 0 fully saturated rings. The van der Waals surface area contributed by atoms with Gasteiger partial charge in [0.15, 0.2) is 5.75 Å². The minimum atomic E-state index is -0.986. The summed E-state index contributed by atoms with van der Waals surface area (Å²) in [5.41, 5.74) is 1.55. The van der Waals surface area contributed by atoms with Crippen LogP contribution in [-0.2, 0) is 12.0 Å². The first-order valence-corrected chi connectivity index (χ1v) is 13.1. The van der Waals surface area contributed by atoms with Crippen LogP contribution in [0.5, 0.6) is 5.75 Å². The molecular formula is C27H22Br2ClN3O4. The van der Waals surface area contributed by atoms with Crippen LogP contribution in [0.25, 0.3) is 10.9 Å². The number of aromatic carboxylic acids is 1. The van der Waals surface area contributed by atoms with Crippen LogP contribution in [-0.4, -0.2) is 27.0 Å². The van der Waals surface area contributed by atoms with E-state index >= 15 is 0 Å².